The van der Waals surface area contributed by atoms with Crippen molar-refractivity contribution in [2.75, 3.05) is 26.7 Å². The van der Waals surface area contributed by atoms with Gasteiger partial charge in [-0.25, -0.2) is 4.79 Å². The fourth-order valence-electron chi connectivity index (χ4n) is 3.01. The Morgan fingerprint density at radius 3 is 2.89 bits per heavy atom. The number of rotatable bonds is 5. The van der Waals surface area contributed by atoms with Crippen LogP contribution in [-0.4, -0.2) is 70.0 Å². The highest BCUT2D eigenvalue weighted by molar-refractivity contribution is 5.80. The first-order chi connectivity index (χ1) is 12.8. The first-order valence-electron chi connectivity index (χ1n) is 9.64. The molecular weight excluding hydrogens is 346 g/mol. The van der Waals surface area contributed by atoms with Crippen molar-refractivity contribution in [1.29, 1.82) is 0 Å². The maximum Gasteiger partial charge on any atom is 0.410 e. The second-order valence-electron chi connectivity index (χ2n) is 7.70. The van der Waals surface area contributed by atoms with Crippen molar-refractivity contribution in [1.82, 2.24) is 30.3 Å². The molecular formula is C18H33N7O2. The molecule has 9 nitrogen and oxygen atoms in total. The van der Waals surface area contributed by atoms with Gasteiger partial charge in [-0.15, -0.1) is 10.2 Å². The molecule has 152 valence electrons. The molecule has 1 unspecified atom stereocenters. The maximum atomic E-state index is 12.3. The van der Waals surface area contributed by atoms with Gasteiger partial charge in [0.15, 0.2) is 5.96 Å². The molecule has 1 amide bonds. The van der Waals surface area contributed by atoms with Crippen molar-refractivity contribution in [3.63, 3.8) is 0 Å². The number of piperidine rings is 1. The van der Waals surface area contributed by atoms with Gasteiger partial charge in [-0.2, -0.15) is 0 Å². The van der Waals surface area contributed by atoms with Gasteiger partial charge in [-0.1, -0.05) is 6.92 Å². The van der Waals surface area contributed by atoms with Gasteiger partial charge in [0, 0.05) is 45.7 Å². The van der Waals surface area contributed by atoms with E-state index in [1.54, 1.807) is 18.3 Å². The van der Waals surface area contributed by atoms with E-state index in [2.05, 4.69) is 32.7 Å². The number of carbonyl (C=O) groups excluding carboxylic acids is 1. The summed E-state index contributed by atoms with van der Waals surface area (Å²) in [5.74, 6) is 1.71. The third-order valence-electron chi connectivity index (χ3n) is 4.29. The first kappa shape index (κ1) is 21.0. The molecule has 27 heavy (non-hydrogen) atoms. The second kappa shape index (κ2) is 9.57. The van der Waals surface area contributed by atoms with Crippen LogP contribution in [0.2, 0.25) is 0 Å². The molecule has 0 radical (unpaired) electrons. The predicted molar refractivity (Wildman–Crippen MR) is 105 cm³/mol. The zero-order chi connectivity index (χ0) is 19.9. The van der Waals surface area contributed by atoms with E-state index in [1.807, 2.05) is 25.3 Å². The van der Waals surface area contributed by atoms with E-state index in [0.29, 0.717) is 13.1 Å². The van der Waals surface area contributed by atoms with Crippen LogP contribution in [0.15, 0.2) is 11.3 Å². The van der Waals surface area contributed by atoms with Gasteiger partial charge in [0.1, 0.15) is 17.8 Å². The smallest absolute Gasteiger partial charge is 0.410 e. The molecule has 1 aliphatic rings. The Morgan fingerprint density at radius 2 is 2.22 bits per heavy atom. The average Bonchev–Trinajstić information content (AvgIpc) is 3.07. The average molecular weight is 380 g/mol. The molecule has 1 saturated heterocycles. The SMILES string of the molecule is CCc1nncn1CCNC(=NC)NC1CCCN(C(=O)OC(C)(C)C)C1. The number of ether oxygens (including phenoxy) is 1. The van der Waals surface area contributed by atoms with Crippen LogP contribution in [0.3, 0.4) is 0 Å². The van der Waals surface area contributed by atoms with E-state index in [9.17, 15) is 4.79 Å². The fraction of sp³-hybridized carbons (Fsp3) is 0.778. The topological polar surface area (TPSA) is 96.7 Å². The molecule has 1 atom stereocenters. The second-order valence-corrected chi connectivity index (χ2v) is 7.70. The van der Waals surface area contributed by atoms with Crippen LogP contribution in [0.1, 0.15) is 46.4 Å². The van der Waals surface area contributed by atoms with Gasteiger partial charge >= 0.3 is 6.09 Å². The fourth-order valence-corrected chi connectivity index (χ4v) is 3.01. The Bertz CT molecular complexity index is 636. The van der Waals surface area contributed by atoms with Gasteiger partial charge in [0.25, 0.3) is 0 Å². The van der Waals surface area contributed by atoms with E-state index in [1.165, 1.54) is 0 Å². The number of nitrogens with zero attached hydrogens (tertiary/aromatic N) is 5. The van der Waals surface area contributed by atoms with Crippen molar-refractivity contribution < 1.29 is 9.53 Å². The Kier molecular flexibility index (Phi) is 7.44. The van der Waals surface area contributed by atoms with Gasteiger partial charge in [-0.3, -0.25) is 4.99 Å². The van der Waals surface area contributed by atoms with E-state index < -0.39 is 5.60 Å². The first-order valence-corrected chi connectivity index (χ1v) is 9.64. The van der Waals surface area contributed by atoms with Crippen molar-refractivity contribution in [2.45, 2.75) is 65.1 Å². The van der Waals surface area contributed by atoms with Crippen LogP contribution in [0.25, 0.3) is 0 Å². The summed E-state index contributed by atoms with van der Waals surface area (Å²) >= 11 is 0. The monoisotopic (exact) mass is 379 g/mol. The molecule has 1 aromatic heterocycles. The summed E-state index contributed by atoms with van der Waals surface area (Å²) in [4.78, 5) is 18.4. The summed E-state index contributed by atoms with van der Waals surface area (Å²) in [5, 5.41) is 14.8. The summed E-state index contributed by atoms with van der Waals surface area (Å²) in [6.07, 6.45) is 4.28. The molecule has 2 rings (SSSR count). The molecule has 1 aromatic rings. The van der Waals surface area contributed by atoms with Crippen LogP contribution in [0.4, 0.5) is 4.79 Å². The number of carbonyl (C=O) groups is 1. The number of hydrogen-bond donors (Lipinski definition) is 2. The van der Waals surface area contributed by atoms with E-state index >= 15 is 0 Å². The number of likely N-dealkylation sites (tertiary alicyclic amines) is 1. The largest absolute Gasteiger partial charge is 0.444 e. The zero-order valence-electron chi connectivity index (χ0n) is 17.2. The van der Waals surface area contributed by atoms with Gasteiger partial charge < -0.3 is 24.8 Å². The third-order valence-corrected chi connectivity index (χ3v) is 4.29. The Balaban J connectivity index is 1.80. The maximum absolute atomic E-state index is 12.3. The number of aryl methyl sites for hydroxylation is 1. The molecule has 0 aromatic carbocycles. The molecule has 1 fully saturated rings. The van der Waals surface area contributed by atoms with Crippen molar-refractivity contribution in [3.8, 4) is 0 Å². The van der Waals surface area contributed by atoms with E-state index in [-0.39, 0.29) is 12.1 Å². The lowest BCUT2D eigenvalue weighted by atomic mass is 10.1. The summed E-state index contributed by atoms with van der Waals surface area (Å²) in [6, 6.07) is 0.151. The van der Waals surface area contributed by atoms with Crippen molar-refractivity contribution in [3.05, 3.63) is 12.2 Å². The van der Waals surface area contributed by atoms with Crippen molar-refractivity contribution in [2.24, 2.45) is 4.99 Å². The number of nitrogens with one attached hydrogen (secondary N) is 2. The molecule has 0 aliphatic carbocycles. The number of amides is 1. The van der Waals surface area contributed by atoms with Gasteiger partial charge in [0.05, 0.1) is 0 Å². The quantitative estimate of drug-likeness (QED) is 0.593. The standard InChI is InChI=1S/C18H33N7O2/c1-6-15-23-21-13-25(15)11-9-20-16(19-5)22-14-8-7-10-24(12-14)17(26)27-18(2,3)4/h13-14H,6-12H2,1-5H3,(H2,19,20,22). The van der Waals surface area contributed by atoms with Crippen LogP contribution in [0, 0.1) is 0 Å². The van der Waals surface area contributed by atoms with Crippen LogP contribution >= 0.6 is 0 Å². The highest BCUT2D eigenvalue weighted by atomic mass is 16.6. The van der Waals surface area contributed by atoms with Crippen LogP contribution in [-0.2, 0) is 17.7 Å². The van der Waals surface area contributed by atoms with Crippen molar-refractivity contribution >= 4 is 12.1 Å². The Morgan fingerprint density at radius 1 is 1.44 bits per heavy atom. The molecule has 9 heteroatoms. The Labute approximate surface area is 161 Å². The number of aromatic nitrogens is 3. The Hall–Kier alpha value is -2.32. The zero-order valence-corrected chi connectivity index (χ0v) is 17.2. The highest BCUT2D eigenvalue weighted by Gasteiger charge is 2.27. The van der Waals surface area contributed by atoms with Crippen LogP contribution in [0.5, 0.6) is 0 Å². The predicted octanol–water partition coefficient (Wildman–Crippen LogP) is 1.41. The van der Waals surface area contributed by atoms with E-state index in [4.69, 9.17) is 4.74 Å². The lowest BCUT2D eigenvalue weighted by Gasteiger charge is -2.35. The number of guanidine groups is 1. The lowest BCUT2D eigenvalue weighted by molar-refractivity contribution is 0.0193. The summed E-state index contributed by atoms with van der Waals surface area (Å²) in [6.45, 7) is 10.5. The molecule has 0 bridgehead atoms. The third kappa shape index (κ3) is 6.73. The minimum atomic E-state index is -0.478. The molecule has 0 spiro atoms. The highest BCUT2D eigenvalue weighted by Crippen LogP contribution is 2.15. The normalized spacial score (nSPS) is 18.3. The summed E-state index contributed by atoms with van der Waals surface area (Å²) in [7, 11) is 1.75. The van der Waals surface area contributed by atoms with Gasteiger partial charge in [0.2, 0.25) is 0 Å². The number of hydrogen-bond acceptors (Lipinski definition) is 5. The van der Waals surface area contributed by atoms with Crippen LogP contribution < -0.4 is 10.6 Å². The molecule has 0 saturated carbocycles. The molecule has 2 N–H and O–H groups in total. The summed E-state index contributed by atoms with van der Waals surface area (Å²) in [5.41, 5.74) is -0.478. The van der Waals surface area contributed by atoms with Gasteiger partial charge in [-0.05, 0) is 33.6 Å². The van der Waals surface area contributed by atoms with E-state index in [0.717, 1.165) is 44.1 Å². The number of aliphatic imine (C=N–C) groups is 1. The molecule has 2 heterocycles. The minimum absolute atomic E-state index is 0.151. The lowest BCUT2D eigenvalue weighted by Crippen LogP contribution is -2.53. The molecule has 1 aliphatic heterocycles. The summed E-state index contributed by atoms with van der Waals surface area (Å²) < 4.78 is 7.52. The minimum Gasteiger partial charge on any atom is -0.444 e.